The van der Waals surface area contributed by atoms with Crippen LogP contribution in [0.15, 0.2) is 23.1 Å². The van der Waals surface area contributed by atoms with Crippen LogP contribution in [0.2, 0.25) is 0 Å². The van der Waals surface area contributed by atoms with Crippen molar-refractivity contribution in [3.8, 4) is 0 Å². The fourth-order valence-electron chi connectivity index (χ4n) is 1.54. The van der Waals surface area contributed by atoms with Gasteiger partial charge in [-0.25, -0.2) is 4.39 Å². The van der Waals surface area contributed by atoms with Gasteiger partial charge in [0.25, 0.3) is 0 Å². The van der Waals surface area contributed by atoms with E-state index in [1.165, 1.54) is 6.07 Å². The molecule has 0 amide bonds. The first-order valence-electron chi connectivity index (χ1n) is 5.30. The van der Waals surface area contributed by atoms with Crippen molar-refractivity contribution in [2.45, 2.75) is 37.7 Å². The predicted molar refractivity (Wildman–Crippen MR) is 62.7 cm³/mol. The maximum Gasteiger partial charge on any atom is 0.130 e. The van der Waals surface area contributed by atoms with Crippen LogP contribution in [-0.2, 0) is 0 Å². The average molecular weight is 228 g/mol. The lowest BCUT2D eigenvalue weighted by molar-refractivity contribution is 0.159. The van der Waals surface area contributed by atoms with Crippen LogP contribution >= 0.6 is 11.8 Å². The van der Waals surface area contributed by atoms with Crippen LogP contribution in [0.1, 0.15) is 38.4 Å². The van der Waals surface area contributed by atoms with Crippen molar-refractivity contribution in [1.82, 2.24) is 0 Å². The standard InChI is InChI=1S/C12H17FOS/c1-3-6-10(14)12-9(13)7-5-8-11(12)15-4-2/h5,7-8,10,14H,3-4,6H2,1-2H3/t10-/m1/s1. The van der Waals surface area contributed by atoms with E-state index in [1.54, 1.807) is 17.8 Å². The van der Waals surface area contributed by atoms with Crippen molar-refractivity contribution >= 4 is 11.8 Å². The largest absolute Gasteiger partial charge is 0.388 e. The lowest BCUT2D eigenvalue weighted by Crippen LogP contribution is -2.02. The molecule has 84 valence electrons. The number of thioether (sulfide) groups is 1. The average Bonchev–Trinajstić information content (AvgIpc) is 2.18. The minimum atomic E-state index is -0.676. The molecule has 0 aliphatic carbocycles. The fraction of sp³-hybridized carbons (Fsp3) is 0.500. The van der Waals surface area contributed by atoms with E-state index in [0.29, 0.717) is 12.0 Å². The van der Waals surface area contributed by atoms with Gasteiger partial charge >= 0.3 is 0 Å². The van der Waals surface area contributed by atoms with E-state index in [2.05, 4.69) is 0 Å². The first-order chi connectivity index (χ1) is 7.20. The molecule has 0 unspecified atom stereocenters. The summed E-state index contributed by atoms with van der Waals surface area (Å²) in [7, 11) is 0. The number of benzene rings is 1. The van der Waals surface area contributed by atoms with Gasteiger partial charge in [0.2, 0.25) is 0 Å². The minimum absolute atomic E-state index is 0.297. The Kier molecular flexibility index (Phi) is 5.12. The molecule has 1 aromatic rings. The molecule has 0 fully saturated rings. The van der Waals surface area contributed by atoms with Crippen molar-refractivity contribution in [1.29, 1.82) is 0 Å². The molecule has 0 aliphatic rings. The Balaban J connectivity index is 3.00. The molecule has 0 heterocycles. The number of rotatable bonds is 5. The number of aliphatic hydroxyl groups excluding tert-OH is 1. The lowest BCUT2D eigenvalue weighted by atomic mass is 10.0. The van der Waals surface area contributed by atoms with Crippen molar-refractivity contribution in [2.24, 2.45) is 0 Å². The third-order valence-corrected chi connectivity index (χ3v) is 3.16. The van der Waals surface area contributed by atoms with Crippen molar-refractivity contribution in [3.63, 3.8) is 0 Å². The summed E-state index contributed by atoms with van der Waals surface area (Å²) < 4.78 is 13.6. The van der Waals surface area contributed by atoms with Gasteiger partial charge in [0, 0.05) is 10.5 Å². The van der Waals surface area contributed by atoms with Crippen LogP contribution in [-0.4, -0.2) is 10.9 Å². The molecule has 0 bridgehead atoms. The van der Waals surface area contributed by atoms with E-state index in [9.17, 15) is 9.50 Å². The molecular formula is C12H17FOS. The second-order valence-corrected chi connectivity index (χ2v) is 4.69. The number of halogens is 1. The molecule has 15 heavy (non-hydrogen) atoms. The Morgan fingerprint density at radius 1 is 1.40 bits per heavy atom. The third-order valence-electron chi connectivity index (χ3n) is 2.21. The Bertz CT molecular complexity index is 314. The molecule has 0 spiro atoms. The molecule has 0 radical (unpaired) electrons. The summed E-state index contributed by atoms with van der Waals surface area (Å²) in [6.07, 6.45) is 0.787. The molecule has 0 saturated carbocycles. The van der Waals surface area contributed by atoms with Gasteiger partial charge in [-0.15, -0.1) is 11.8 Å². The number of aliphatic hydroxyl groups is 1. The highest BCUT2D eigenvalue weighted by Gasteiger charge is 2.16. The summed E-state index contributed by atoms with van der Waals surface area (Å²) in [5.41, 5.74) is 0.464. The molecule has 1 aromatic carbocycles. The molecule has 0 aliphatic heterocycles. The van der Waals surface area contributed by atoms with Crippen LogP contribution < -0.4 is 0 Å². The fourth-order valence-corrected chi connectivity index (χ4v) is 2.41. The van der Waals surface area contributed by atoms with Crippen molar-refractivity contribution in [2.75, 3.05) is 5.75 Å². The second-order valence-electron chi connectivity index (χ2n) is 3.39. The van der Waals surface area contributed by atoms with Crippen LogP contribution in [0.5, 0.6) is 0 Å². The summed E-state index contributed by atoms with van der Waals surface area (Å²) in [6, 6.07) is 4.97. The van der Waals surface area contributed by atoms with Gasteiger partial charge in [-0.05, 0) is 24.3 Å². The number of hydrogen-bond donors (Lipinski definition) is 1. The van der Waals surface area contributed by atoms with Crippen LogP contribution in [0.25, 0.3) is 0 Å². The van der Waals surface area contributed by atoms with Gasteiger partial charge < -0.3 is 5.11 Å². The Morgan fingerprint density at radius 2 is 2.13 bits per heavy atom. The molecule has 1 atom stereocenters. The maximum absolute atomic E-state index is 13.6. The highest BCUT2D eigenvalue weighted by Crippen LogP contribution is 2.31. The summed E-state index contributed by atoms with van der Waals surface area (Å²) in [5.74, 6) is 0.587. The van der Waals surface area contributed by atoms with Gasteiger partial charge in [-0.2, -0.15) is 0 Å². The van der Waals surface area contributed by atoms with E-state index in [1.807, 2.05) is 19.9 Å². The monoisotopic (exact) mass is 228 g/mol. The molecule has 1 N–H and O–H groups in total. The predicted octanol–water partition coefficient (Wildman–Crippen LogP) is 3.77. The van der Waals surface area contributed by atoms with E-state index < -0.39 is 6.10 Å². The normalized spacial score (nSPS) is 12.8. The van der Waals surface area contributed by atoms with Gasteiger partial charge in [0.05, 0.1) is 6.10 Å². The first-order valence-corrected chi connectivity index (χ1v) is 6.28. The molecule has 1 nitrogen and oxygen atoms in total. The van der Waals surface area contributed by atoms with Crippen molar-refractivity contribution in [3.05, 3.63) is 29.6 Å². The zero-order valence-corrected chi connectivity index (χ0v) is 9.98. The summed E-state index contributed by atoms with van der Waals surface area (Å²) >= 11 is 1.57. The Labute approximate surface area is 94.7 Å². The summed E-state index contributed by atoms with van der Waals surface area (Å²) in [5, 5.41) is 9.86. The molecule has 0 aromatic heterocycles. The molecule has 1 rings (SSSR count). The Morgan fingerprint density at radius 3 is 2.73 bits per heavy atom. The van der Waals surface area contributed by atoms with Gasteiger partial charge in [-0.3, -0.25) is 0 Å². The first kappa shape index (κ1) is 12.5. The Hall–Kier alpha value is -0.540. The second kappa shape index (κ2) is 6.13. The van der Waals surface area contributed by atoms with Gasteiger partial charge in [0.1, 0.15) is 5.82 Å². The smallest absolute Gasteiger partial charge is 0.130 e. The highest BCUT2D eigenvalue weighted by atomic mass is 32.2. The minimum Gasteiger partial charge on any atom is -0.388 e. The SMILES string of the molecule is CCC[C@@H](O)c1c(F)cccc1SCC. The van der Waals surface area contributed by atoms with Crippen LogP contribution in [0.3, 0.4) is 0 Å². The molecular weight excluding hydrogens is 211 g/mol. The number of hydrogen-bond acceptors (Lipinski definition) is 2. The quantitative estimate of drug-likeness (QED) is 0.774. The summed E-state index contributed by atoms with van der Waals surface area (Å²) in [6.45, 7) is 4.00. The summed E-state index contributed by atoms with van der Waals surface area (Å²) in [4.78, 5) is 0.860. The lowest BCUT2D eigenvalue weighted by Gasteiger charge is -2.15. The van der Waals surface area contributed by atoms with E-state index in [4.69, 9.17) is 0 Å². The van der Waals surface area contributed by atoms with E-state index in [0.717, 1.165) is 17.1 Å². The van der Waals surface area contributed by atoms with Crippen LogP contribution in [0, 0.1) is 5.82 Å². The van der Waals surface area contributed by atoms with Gasteiger partial charge in [-0.1, -0.05) is 26.3 Å². The zero-order chi connectivity index (χ0) is 11.3. The molecule has 3 heteroatoms. The van der Waals surface area contributed by atoms with E-state index >= 15 is 0 Å². The third kappa shape index (κ3) is 3.21. The zero-order valence-electron chi connectivity index (χ0n) is 9.16. The molecule has 0 saturated heterocycles. The maximum atomic E-state index is 13.6. The van der Waals surface area contributed by atoms with E-state index in [-0.39, 0.29) is 5.82 Å². The highest BCUT2D eigenvalue weighted by molar-refractivity contribution is 7.99. The van der Waals surface area contributed by atoms with Crippen LogP contribution in [0.4, 0.5) is 4.39 Å². The van der Waals surface area contributed by atoms with Gasteiger partial charge in [0.15, 0.2) is 0 Å². The topological polar surface area (TPSA) is 20.2 Å². The van der Waals surface area contributed by atoms with Crippen molar-refractivity contribution < 1.29 is 9.50 Å².